The molecule has 1 nitrogen and oxygen atoms in total. The molecule has 13 heteroatoms. The summed E-state index contributed by atoms with van der Waals surface area (Å²) in [4.78, 5) is 0. The van der Waals surface area contributed by atoms with E-state index in [1.165, 1.54) is 0 Å². The third-order valence-corrected chi connectivity index (χ3v) is 3.09. The maximum absolute atomic E-state index is 13.5. The minimum atomic E-state index is -7.61. The SMILES string of the molecule is OC(c1ccc(F)cc1)C(F)(F)C(F)(F)C(F)(F)C(F)(F)C(F)(F)F. The van der Waals surface area contributed by atoms with Crippen molar-refractivity contribution in [2.75, 3.05) is 0 Å². The number of alkyl halides is 11. The van der Waals surface area contributed by atoms with E-state index < -0.39 is 47.4 Å². The molecular weight excluding hydrogens is 388 g/mol. The molecule has 144 valence electrons. The molecule has 1 aromatic rings. The average molecular weight is 394 g/mol. The normalized spacial score (nSPS) is 16.0. The first-order chi connectivity index (χ1) is 10.9. The fraction of sp³-hybridized carbons (Fsp3) is 0.500. The molecule has 0 saturated heterocycles. The van der Waals surface area contributed by atoms with Crippen LogP contribution >= 0.6 is 0 Å². The zero-order valence-electron chi connectivity index (χ0n) is 11.4. The highest BCUT2D eigenvalue weighted by atomic mass is 19.4. The Morgan fingerprint density at radius 1 is 0.640 bits per heavy atom. The van der Waals surface area contributed by atoms with E-state index in [1.54, 1.807) is 0 Å². The lowest BCUT2D eigenvalue weighted by atomic mass is 9.91. The standard InChI is InChI=1S/C12H6F12O/c13-6-3-1-5(2-4-6)7(25)8(14,15)9(16,17)10(18,19)11(20,21)12(22,23)24/h1-4,7,25H. The van der Waals surface area contributed by atoms with Crippen molar-refractivity contribution in [1.29, 1.82) is 0 Å². The molecule has 1 N–H and O–H groups in total. The van der Waals surface area contributed by atoms with Gasteiger partial charge in [0.15, 0.2) is 0 Å². The van der Waals surface area contributed by atoms with E-state index in [0.717, 1.165) is 0 Å². The highest BCUT2D eigenvalue weighted by Gasteiger charge is 2.88. The number of hydrogen-bond donors (Lipinski definition) is 1. The predicted octanol–water partition coefficient (Wildman–Crippen LogP) is 4.96. The van der Waals surface area contributed by atoms with Gasteiger partial charge in [0.1, 0.15) is 11.9 Å². The number of hydrogen-bond acceptors (Lipinski definition) is 1. The molecule has 0 saturated carbocycles. The van der Waals surface area contributed by atoms with Crippen molar-refractivity contribution in [2.24, 2.45) is 0 Å². The molecule has 0 heterocycles. The molecule has 0 aliphatic rings. The highest BCUT2D eigenvalue weighted by Crippen LogP contribution is 2.59. The van der Waals surface area contributed by atoms with Gasteiger partial charge in [-0.3, -0.25) is 0 Å². The van der Waals surface area contributed by atoms with Crippen LogP contribution in [-0.2, 0) is 0 Å². The van der Waals surface area contributed by atoms with Crippen molar-refractivity contribution in [3.63, 3.8) is 0 Å². The van der Waals surface area contributed by atoms with Gasteiger partial charge in [-0.2, -0.15) is 48.3 Å². The van der Waals surface area contributed by atoms with Crippen LogP contribution in [0.5, 0.6) is 0 Å². The number of halogens is 12. The fourth-order valence-electron chi connectivity index (χ4n) is 1.61. The Bertz CT molecular complexity index is 604. The third kappa shape index (κ3) is 3.13. The Labute approximate surface area is 130 Å². The highest BCUT2D eigenvalue weighted by molar-refractivity contribution is 5.23. The number of aliphatic hydroxyl groups excluding tert-OH is 1. The second-order valence-corrected chi connectivity index (χ2v) is 4.80. The summed E-state index contributed by atoms with van der Waals surface area (Å²) in [6, 6.07) is 1.11. The number of aliphatic hydroxyl groups is 1. The molecule has 1 aromatic carbocycles. The van der Waals surface area contributed by atoms with Crippen molar-refractivity contribution in [2.45, 2.75) is 36.0 Å². The summed E-state index contributed by atoms with van der Waals surface area (Å²) in [5, 5.41) is 9.09. The van der Waals surface area contributed by atoms with Crippen LogP contribution in [0, 0.1) is 5.82 Å². The van der Waals surface area contributed by atoms with E-state index in [-0.39, 0.29) is 12.1 Å². The smallest absolute Gasteiger partial charge is 0.382 e. The van der Waals surface area contributed by atoms with Gasteiger partial charge in [-0.1, -0.05) is 12.1 Å². The van der Waals surface area contributed by atoms with E-state index in [4.69, 9.17) is 5.11 Å². The van der Waals surface area contributed by atoms with Gasteiger partial charge in [0.25, 0.3) is 0 Å². The van der Waals surface area contributed by atoms with Crippen LogP contribution < -0.4 is 0 Å². The zero-order valence-corrected chi connectivity index (χ0v) is 11.4. The fourth-order valence-corrected chi connectivity index (χ4v) is 1.61. The molecule has 0 fully saturated rings. The minimum absolute atomic E-state index is 0.226. The summed E-state index contributed by atoms with van der Waals surface area (Å²) in [6.45, 7) is 0. The van der Waals surface area contributed by atoms with E-state index >= 15 is 0 Å². The first-order valence-electron chi connectivity index (χ1n) is 5.92. The van der Waals surface area contributed by atoms with Crippen LogP contribution in [0.15, 0.2) is 24.3 Å². The molecule has 0 bridgehead atoms. The van der Waals surface area contributed by atoms with Crippen molar-refractivity contribution in [3.8, 4) is 0 Å². The summed E-state index contributed by atoms with van der Waals surface area (Å²) < 4.78 is 153. The van der Waals surface area contributed by atoms with Gasteiger partial charge in [-0.15, -0.1) is 0 Å². The molecular formula is C12H6F12O. The van der Waals surface area contributed by atoms with Gasteiger partial charge in [-0.25, -0.2) is 4.39 Å². The van der Waals surface area contributed by atoms with Crippen molar-refractivity contribution in [1.82, 2.24) is 0 Å². The first-order valence-corrected chi connectivity index (χ1v) is 5.92. The zero-order chi connectivity index (χ0) is 20.1. The summed E-state index contributed by atoms with van der Waals surface area (Å²) in [5.41, 5.74) is -1.32. The lowest BCUT2D eigenvalue weighted by molar-refractivity contribution is -0.429. The Balaban J connectivity index is 3.40. The summed E-state index contributed by atoms with van der Waals surface area (Å²) >= 11 is 0. The molecule has 0 aromatic heterocycles. The topological polar surface area (TPSA) is 20.2 Å². The number of rotatable bonds is 5. The maximum atomic E-state index is 13.5. The summed E-state index contributed by atoms with van der Waals surface area (Å²) in [7, 11) is 0. The molecule has 0 aliphatic heterocycles. The maximum Gasteiger partial charge on any atom is 0.460 e. The summed E-state index contributed by atoms with van der Waals surface area (Å²) in [5.74, 6) is -30.1. The van der Waals surface area contributed by atoms with Gasteiger partial charge >= 0.3 is 29.9 Å². The lowest BCUT2D eigenvalue weighted by Gasteiger charge is -2.38. The molecule has 1 unspecified atom stereocenters. The van der Waals surface area contributed by atoms with E-state index in [2.05, 4.69) is 0 Å². The van der Waals surface area contributed by atoms with E-state index in [9.17, 15) is 52.7 Å². The largest absolute Gasteiger partial charge is 0.460 e. The Morgan fingerprint density at radius 3 is 1.40 bits per heavy atom. The Kier molecular flexibility index (Phi) is 5.09. The van der Waals surface area contributed by atoms with Crippen LogP contribution in [0.1, 0.15) is 11.7 Å². The molecule has 1 atom stereocenters. The van der Waals surface area contributed by atoms with Crippen LogP contribution in [0.2, 0.25) is 0 Å². The molecule has 0 amide bonds. The monoisotopic (exact) mass is 394 g/mol. The second-order valence-electron chi connectivity index (χ2n) is 4.80. The molecule has 25 heavy (non-hydrogen) atoms. The van der Waals surface area contributed by atoms with Crippen LogP contribution in [0.3, 0.4) is 0 Å². The minimum Gasteiger partial charge on any atom is -0.382 e. The third-order valence-electron chi connectivity index (χ3n) is 3.09. The van der Waals surface area contributed by atoms with Gasteiger partial charge in [0.2, 0.25) is 0 Å². The van der Waals surface area contributed by atoms with Crippen LogP contribution in [0.4, 0.5) is 52.7 Å². The van der Waals surface area contributed by atoms with Gasteiger partial charge < -0.3 is 5.11 Å². The van der Waals surface area contributed by atoms with Gasteiger partial charge in [-0.05, 0) is 17.7 Å². The van der Waals surface area contributed by atoms with Crippen molar-refractivity contribution < 1.29 is 57.8 Å². The Morgan fingerprint density at radius 2 is 1.04 bits per heavy atom. The first kappa shape index (κ1) is 21.4. The lowest BCUT2D eigenvalue weighted by Crippen LogP contribution is -2.67. The van der Waals surface area contributed by atoms with Crippen molar-refractivity contribution in [3.05, 3.63) is 35.6 Å². The van der Waals surface area contributed by atoms with E-state index in [1.807, 2.05) is 0 Å². The quantitative estimate of drug-likeness (QED) is 0.700. The van der Waals surface area contributed by atoms with Gasteiger partial charge in [0.05, 0.1) is 0 Å². The van der Waals surface area contributed by atoms with Crippen molar-refractivity contribution >= 4 is 0 Å². The molecule has 0 aliphatic carbocycles. The predicted molar refractivity (Wildman–Crippen MR) is 57.2 cm³/mol. The molecule has 0 radical (unpaired) electrons. The summed E-state index contributed by atoms with van der Waals surface area (Å²) in [6.07, 6.45) is -11.2. The number of benzene rings is 1. The average Bonchev–Trinajstić information content (AvgIpc) is 2.45. The second kappa shape index (κ2) is 5.95. The molecule has 0 spiro atoms. The molecule has 1 rings (SSSR count). The van der Waals surface area contributed by atoms with Crippen LogP contribution in [-0.4, -0.2) is 35.0 Å². The van der Waals surface area contributed by atoms with E-state index in [0.29, 0.717) is 12.1 Å². The van der Waals surface area contributed by atoms with Gasteiger partial charge in [0, 0.05) is 0 Å². The van der Waals surface area contributed by atoms with Crippen LogP contribution in [0.25, 0.3) is 0 Å². The Hall–Kier alpha value is -1.66.